The number of rotatable bonds is 7. The predicted octanol–water partition coefficient (Wildman–Crippen LogP) is 5.05. The SMILES string of the molecule is [B]c1c([B])c([B])c(-c2c([B])c([B])c(N(c3ccccc3)c3ccc(-c4c(-c5ccc(-c6nc7ccccc7o6)c6ccccc56)ccc5c4[nH]c4ccc6ccccc6c45)cc3)c([B])c2[B])c([B])c1[B]. The van der Waals surface area contributed by atoms with Crippen LogP contribution >= 0.6 is 0 Å². The van der Waals surface area contributed by atoms with E-state index in [1.54, 1.807) is 0 Å². The number of hydrogen-bond donors (Lipinski definition) is 1. The van der Waals surface area contributed by atoms with E-state index in [9.17, 15) is 0 Å². The van der Waals surface area contributed by atoms with Crippen LogP contribution in [0.5, 0.6) is 0 Å². The van der Waals surface area contributed by atoms with Gasteiger partial charge in [0.1, 0.15) is 76.1 Å². The van der Waals surface area contributed by atoms with Crippen molar-refractivity contribution in [3.63, 3.8) is 0 Å². The highest BCUT2D eigenvalue weighted by Crippen LogP contribution is 2.46. The first kappa shape index (κ1) is 43.6. The van der Waals surface area contributed by atoms with Crippen LogP contribution in [0.1, 0.15) is 0 Å². The van der Waals surface area contributed by atoms with Crippen LogP contribution in [0.4, 0.5) is 17.1 Å². The Balaban J connectivity index is 1.07. The number of nitrogens with zero attached hydrogens (tertiary/aromatic N) is 2. The third-order valence-electron chi connectivity index (χ3n) is 13.6. The Morgan fingerprint density at radius 2 is 0.943 bits per heavy atom. The molecule has 2 aromatic heterocycles. The molecule has 12 rings (SSSR count). The number of hydrogen-bond acceptors (Lipinski definition) is 3. The Bertz CT molecular complexity index is 4040. The maximum Gasteiger partial charge on any atom is 0.227 e. The van der Waals surface area contributed by atoms with Crippen molar-refractivity contribution in [2.45, 2.75) is 0 Å². The van der Waals surface area contributed by atoms with Crippen LogP contribution in [0, 0.1) is 0 Å². The van der Waals surface area contributed by atoms with Crippen LogP contribution in [0.2, 0.25) is 0 Å². The van der Waals surface area contributed by atoms with Crippen molar-refractivity contribution in [2.75, 3.05) is 4.90 Å². The average Bonchev–Trinajstić information content (AvgIpc) is 4.01. The van der Waals surface area contributed by atoms with Crippen LogP contribution in [-0.2, 0) is 0 Å². The lowest BCUT2D eigenvalue weighted by Gasteiger charge is -2.34. The number of aromatic nitrogens is 2. The molecule has 10 aromatic carbocycles. The topological polar surface area (TPSA) is 45.1 Å². The first-order valence-corrected chi connectivity index (χ1v) is 22.6. The summed E-state index contributed by atoms with van der Waals surface area (Å²) >= 11 is 0. The van der Waals surface area contributed by atoms with Crippen LogP contribution < -0.4 is 54.1 Å². The number of H-pyrrole nitrogens is 1. The second kappa shape index (κ2) is 16.8. The minimum absolute atomic E-state index is 0.0394. The average molecular weight is 868 g/mol. The Hall–Kier alpha value is -7.63. The summed E-state index contributed by atoms with van der Waals surface area (Å²) in [4.78, 5) is 10.7. The number of oxazole rings is 1. The molecule has 0 aliphatic heterocycles. The van der Waals surface area contributed by atoms with E-state index in [1.807, 2.05) is 77.7 Å². The molecule has 2 heterocycles. The molecule has 12 aromatic rings. The van der Waals surface area contributed by atoms with Gasteiger partial charge in [0.15, 0.2) is 5.58 Å². The third kappa shape index (κ3) is 6.69. The summed E-state index contributed by atoms with van der Waals surface area (Å²) in [5.74, 6) is 0.563. The number of nitrogens with one attached hydrogen (secondary N) is 1. The molecule has 0 aliphatic rings. The fourth-order valence-corrected chi connectivity index (χ4v) is 10.2. The van der Waals surface area contributed by atoms with Crippen LogP contribution in [0.25, 0.3) is 99.3 Å². The summed E-state index contributed by atoms with van der Waals surface area (Å²) < 4.78 is 6.32. The Morgan fingerprint density at radius 3 is 1.63 bits per heavy atom. The molecule has 0 bridgehead atoms. The van der Waals surface area contributed by atoms with E-state index in [0.717, 1.165) is 88.3 Å². The Kier molecular flexibility index (Phi) is 10.5. The van der Waals surface area contributed by atoms with Gasteiger partial charge in [0.05, 0.1) is 5.52 Å². The van der Waals surface area contributed by atoms with Gasteiger partial charge < -0.3 is 14.3 Å². The molecule has 13 heteroatoms. The summed E-state index contributed by atoms with van der Waals surface area (Å²) in [5.41, 5.74) is 11.4. The van der Waals surface area contributed by atoms with E-state index in [4.69, 9.17) is 80.0 Å². The zero-order chi connectivity index (χ0) is 48.1. The van der Waals surface area contributed by atoms with E-state index in [0.29, 0.717) is 11.6 Å². The van der Waals surface area contributed by atoms with Gasteiger partial charge in [-0.05, 0) is 97.9 Å². The van der Waals surface area contributed by atoms with Crippen molar-refractivity contribution in [3.05, 3.63) is 164 Å². The van der Waals surface area contributed by atoms with Crippen molar-refractivity contribution < 1.29 is 4.42 Å². The van der Waals surface area contributed by atoms with E-state index in [1.165, 1.54) is 5.39 Å². The zero-order valence-corrected chi connectivity index (χ0v) is 37.6. The summed E-state index contributed by atoms with van der Waals surface area (Å²) in [7, 11) is 59.7. The zero-order valence-electron chi connectivity index (χ0n) is 37.6. The first-order chi connectivity index (χ1) is 34.0. The minimum atomic E-state index is 0.0394. The standard InChI is InChI=1S/C57H28B9N3O/c58-46-44(47(59)51(63)52(64)50(46)62)45-48(60)53(65)56(54(66)49(45)61)69(30-11-2-1-3-12-30)31-21-18-29(19-22-31)42-36(24-26-38-43-32-13-5-4-10-28(32)20-27-40(43)67-55(38)42)35-23-25-37(34-15-7-6-14-33(34)35)57-68-39-16-8-9-17-41(39)70-57/h1-27,67H. The maximum atomic E-state index is 7.04. The molecular formula is C57H28B9N3O. The molecule has 4 nitrogen and oxygen atoms in total. The van der Waals surface area contributed by atoms with Crippen molar-refractivity contribution in [1.82, 2.24) is 9.97 Å². The lowest BCUT2D eigenvalue weighted by Crippen LogP contribution is -2.57. The van der Waals surface area contributed by atoms with E-state index in [2.05, 4.69) is 96.0 Å². The highest BCUT2D eigenvalue weighted by atomic mass is 16.3. The smallest absolute Gasteiger partial charge is 0.227 e. The van der Waals surface area contributed by atoms with Gasteiger partial charge >= 0.3 is 0 Å². The fraction of sp³-hybridized carbons (Fsp3) is 0. The molecule has 304 valence electrons. The van der Waals surface area contributed by atoms with Gasteiger partial charge in [-0.15, -0.1) is 16.4 Å². The van der Waals surface area contributed by atoms with E-state index < -0.39 is 0 Å². The molecule has 0 saturated carbocycles. The number of fused-ring (bicyclic) bond motifs is 7. The molecule has 18 radical (unpaired) electrons. The summed E-state index contributed by atoms with van der Waals surface area (Å²) in [5, 5.41) is 6.65. The van der Waals surface area contributed by atoms with E-state index >= 15 is 0 Å². The van der Waals surface area contributed by atoms with Gasteiger partial charge in [0, 0.05) is 44.5 Å². The molecule has 0 unspecified atom stereocenters. The van der Waals surface area contributed by atoms with Crippen LogP contribution in [0.3, 0.4) is 0 Å². The second-order valence-electron chi connectivity index (χ2n) is 17.5. The maximum absolute atomic E-state index is 7.04. The largest absolute Gasteiger partial charge is 0.436 e. The molecule has 70 heavy (non-hydrogen) atoms. The van der Waals surface area contributed by atoms with Gasteiger partial charge in [-0.25, -0.2) is 4.98 Å². The third-order valence-corrected chi connectivity index (χ3v) is 13.6. The summed E-state index contributed by atoms with van der Waals surface area (Å²) in [6, 6.07) is 55.7. The molecule has 0 atom stereocenters. The molecule has 0 fully saturated rings. The van der Waals surface area contributed by atoms with Gasteiger partial charge in [-0.1, -0.05) is 148 Å². The highest BCUT2D eigenvalue weighted by molar-refractivity contribution is 6.71. The second-order valence-corrected chi connectivity index (χ2v) is 17.5. The molecule has 0 aliphatic carbocycles. The van der Waals surface area contributed by atoms with Gasteiger partial charge in [-0.2, -0.15) is 0 Å². The summed E-state index contributed by atoms with van der Waals surface area (Å²) in [6.45, 7) is 0. The van der Waals surface area contributed by atoms with E-state index in [-0.39, 0.29) is 60.3 Å². The predicted molar refractivity (Wildman–Crippen MR) is 303 cm³/mol. The number of benzene rings is 10. The molecule has 0 spiro atoms. The first-order valence-electron chi connectivity index (χ1n) is 22.6. The van der Waals surface area contributed by atoms with Crippen molar-refractivity contribution >= 4 is 191 Å². The van der Waals surface area contributed by atoms with Gasteiger partial charge in [0.2, 0.25) is 5.89 Å². The van der Waals surface area contributed by atoms with Gasteiger partial charge in [0.25, 0.3) is 0 Å². The minimum Gasteiger partial charge on any atom is -0.436 e. The number of para-hydroxylation sites is 3. The molecule has 0 saturated heterocycles. The Morgan fingerprint density at radius 1 is 0.400 bits per heavy atom. The van der Waals surface area contributed by atoms with Crippen molar-refractivity contribution in [3.8, 4) is 44.8 Å². The van der Waals surface area contributed by atoms with Gasteiger partial charge in [-0.3, -0.25) is 0 Å². The quantitative estimate of drug-likeness (QED) is 0.229. The Labute approximate surface area is 417 Å². The van der Waals surface area contributed by atoms with Crippen LogP contribution in [0.15, 0.2) is 168 Å². The monoisotopic (exact) mass is 869 g/mol. The number of aromatic amines is 1. The van der Waals surface area contributed by atoms with Crippen LogP contribution in [-0.4, -0.2) is 80.6 Å². The lowest BCUT2D eigenvalue weighted by atomic mass is 9.56. The fourth-order valence-electron chi connectivity index (χ4n) is 10.2. The highest BCUT2D eigenvalue weighted by Gasteiger charge is 2.25. The number of anilines is 3. The normalized spacial score (nSPS) is 11.7. The molecular weight excluding hydrogens is 840 g/mol. The molecule has 1 N–H and O–H groups in total. The van der Waals surface area contributed by atoms with Crippen molar-refractivity contribution in [1.29, 1.82) is 0 Å². The van der Waals surface area contributed by atoms with Crippen molar-refractivity contribution in [2.24, 2.45) is 0 Å². The molecule has 0 amide bonds. The lowest BCUT2D eigenvalue weighted by molar-refractivity contribution is 0.620. The summed E-state index contributed by atoms with van der Waals surface area (Å²) in [6.07, 6.45) is 0.